The molecule has 0 bridgehead atoms. The van der Waals surface area contributed by atoms with Gasteiger partial charge in [-0.1, -0.05) is 45.0 Å². The smallest absolute Gasteiger partial charge is 0.354 e. The van der Waals surface area contributed by atoms with Gasteiger partial charge < -0.3 is 15.2 Å². The highest BCUT2D eigenvalue weighted by molar-refractivity contribution is 7.92. The number of aryl methyl sites for hydroxylation is 2. The maximum atomic E-state index is 13.2. The molecule has 41 heavy (non-hydrogen) atoms. The Bertz CT molecular complexity index is 1490. The van der Waals surface area contributed by atoms with Crippen molar-refractivity contribution >= 4 is 21.9 Å². The summed E-state index contributed by atoms with van der Waals surface area (Å²) < 4.78 is 35.1. The molecule has 3 N–H and O–H groups in total. The number of rotatable bonds is 9. The molecule has 0 saturated carbocycles. The largest absolute Gasteiger partial charge is 0.477 e. The Hall–Kier alpha value is -3.61. The number of benzene rings is 1. The average molecular weight is 583 g/mol. The van der Waals surface area contributed by atoms with Crippen LogP contribution in [0.2, 0.25) is 0 Å². The topological polar surface area (TPSA) is 147 Å². The molecule has 1 atom stereocenters. The van der Waals surface area contributed by atoms with Gasteiger partial charge in [0.05, 0.1) is 5.69 Å². The van der Waals surface area contributed by atoms with Gasteiger partial charge in [-0.15, -0.1) is 0 Å². The van der Waals surface area contributed by atoms with Gasteiger partial charge in [-0.3, -0.25) is 4.90 Å². The van der Waals surface area contributed by atoms with Gasteiger partial charge in [-0.25, -0.2) is 19.5 Å². The first kappa shape index (κ1) is 30.4. The monoisotopic (exact) mass is 582 g/mol. The molecule has 1 aromatic carbocycles. The first-order valence-electron chi connectivity index (χ1n) is 13.6. The lowest BCUT2D eigenvalue weighted by Crippen LogP contribution is -2.38. The van der Waals surface area contributed by atoms with Gasteiger partial charge in [-0.2, -0.15) is 13.4 Å². The van der Waals surface area contributed by atoms with Gasteiger partial charge in [0.1, 0.15) is 11.8 Å². The van der Waals surface area contributed by atoms with Crippen molar-refractivity contribution in [2.24, 2.45) is 5.41 Å². The molecule has 1 aliphatic heterocycles. The molecule has 1 aliphatic rings. The molecule has 1 saturated heterocycles. The van der Waals surface area contributed by atoms with E-state index in [1.807, 2.05) is 32.0 Å². The van der Waals surface area contributed by atoms with Crippen LogP contribution in [0.5, 0.6) is 5.88 Å². The third-order valence-corrected chi connectivity index (χ3v) is 8.02. The summed E-state index contributed by atoms with van der Waals surface area (Å²) in [6.07, 6.45) is 0.823. The fraction of sp³-hybridized carbons (Fsp3) is 0.448. The quantitative estimate of drug-likeness (QED) is 0.341. The highest BCUT2D eigenvalue weighted by atomic mass is 32.2. The molecule has 0 amide bonds. The number of nitrogens with one attached hydrogen (secondary N) is 2. The van der Waals surface area contributed by atoms with Crippen LogP contribution in [-0.2, 0) is 10.0 Å². The molecule has 3 heterocycles. The van der Waals surface area contributed by atoms with E-state index in [9.17, 15) is 18.3 Å². The van der Waals surface area contributed by atoms with Gasteiger partial charge in [0, 0.05) is 37.8 Å². The Balaban J connectivity index is 1.67. The Morgan fingerprint density at radius 1 is 1.12 bits per heavy atom. The standard InChI is InChI=1S/C29H38N6O5S/c1-19-8-6-9-20(2)26(19)23-16-24(40-21-17-30-13-15-35(18-21)14-12-29(3,4)5)33-28(32-23)34-41(38,39)25-11-7-10-22(31-25)27(36)37/h6-11,16,21,30H,12-15,17-18H2,1-5H3,(H,36,37)(H,32,33,34). The summed E-state index contributed by atoms with van der Waals surface area (Å²) >= 11 is 0. The minimum absolute atomic E-state index is 0.200. The number of carboxylic acids is 1. The summed E-state index contributed by atoms with van der Waals surface area (Å²) in [6, 6.07) is 11.3. The van der Waals surface area contributed by atoms with Crippen molar-refractivity contribution in [1.29, 1.82) is 0 Å². The van der Waals surface area contributed by atoms with Crippen LogP contribution in [0.3, 0.4) is 0 Å². The maximum Gasteiger partial charge on any atom is 0.354 e. The van der Waals surface area contributed by atoms with Crippen LogP contribution in [0, 0.1) is 19.3 Å². The number of anilines is 1. The number of aromatic carboxylic acids is 1. The molecule has 1 fully saturated rings. The number of aromatic nitrogens is 3. The van der Waals surface area contributed by atoms with E-state index in [2.05, 4.69) is 50.7 Å². The zero-order chi connectivity index (χ0) is 29.8. The van der Waals surface area contributed by atoms with Gasteiger partial charge in [-0.05, 0) is 55.5 Å². The lowest BCUT2D eigenvalue weighted by atomic mass is 9.92. The summed E-state index contributed by atoms with van der Waals surface area (Å²) in [6.45, 7) is 14.6. The van der Waals surface area contributed by atoms with Crippen molar-refractivity contribution in [3.05, 3.63) is 59.3 Å². The van der Waals surface area contributed by atoms with Gasteiger partial charge in [0.2, 0.25) is 11.8 Å². The van der Waals surface area contributed by atoms with Crippen molar-refractivity contribution in [2.45, 2.75) is 52.2 Å². The van der Waals surface area contributed by atoms with Crippen molar-refractivity contribution in [2.75, 3.05) is 37.4 Å². The van der Waals surface area contributed by atoms with E-state index >= 15 is 0 Å². The number of hydrogen-bond donors (Lipinski definition) is 3. The molecule has 0 radical (unpaired) electrons. The molecule has 3 aromatic rings. The van der Waals surface area contributed by atoms with E-state index in [-0.39, 0.29) is 29.0 Å². The lowest BCUT2D eigenvalue weighted by Gasteiger charge is -2.27. The molecular formula is C29H38N6O5S. The van der Waals surface area contributed by atoms with Gasteiger partial charge in [0.15, 0.2) is 5.03 Å². The van der Waals surface area contributed by atoms with Crippen LogP contribution in [0.15, 0.2) is 47.5 Å². The van der Waals surface area contributed by atoms with E-state index < -0.39 is 21.0 Å². The summed E-state index contributed by atoms with van der Waals surface area (Å²) in [5, 5.41) is 12.2. The maximum absolute atomic E-state index is 13.2. The van der Waals surface area contributed by atoms with E-state index in [1.165, 1.54) is 18.2 Å². The molecule has 12 heteroatoms. The summed E-state index contributed by atoms with van der Waals surface area (Å²) in [7, 11) is -4.30. The van der Waals surface area contributed by atoms with Gasteiger partial charge >= 0.3 is 5.97 Å². The normalized spacial score (nSPS) is 16.7. The van der Waals surface area contributed by atoms with Crippen LogP contribution in [0.1, 0.15) is 48.8 Å². The van der Waals surface area contributed by atoms with Crippen LogP contribution >= 0.6 is 0 Å². The molecule has 0 aliphatic carbocycles. The van der Waals surface area contributed by atoms with E-state index in [1.54, 1.807) is 6.07 Å². The van der Waals surface area contributed by atoms with Crippen molar-refractivity contribution in [3.8, 4) is 17.1 Å². The third-order valence-electron chi connectivity index (χ3n) is 6.79. The van der Waals surface area contributed by atoms with Crippen LogP contribution < -0.4 is 14.8 Å². The Morgan fingerprint density at radius 3 is 2.51 bits per heavy atom. The predicted octanol–water partition coefficient (Wildman–Crippen LogP) is 3.74. The SMILES string of the molecule is Cc1cccc(C)c1-c1cc(OC2CNCCN(CCC(C)(C)C)C2)nc(NS(=O)(=O)c2cccc(C(=O)O)n2)n1. The zero-order valence-electron chi connectivity index (χ0n) is 24.1. The molecular weight excluding hydrogens is 544 g/mol. The summed E-state index contributed by atoms with van der Waals surface area (Å²) in [5.41, 5.74) is 3.10. The number of ether oxygens (including phenoxy) is 1. The minimum Gasteiger partial charge on any atom is -0.477 e. The number of carbonyl (C=O) groups is 1. The molecule has 4 rings (SSSR count). The molecule has 0 spiro atoms. The van der Waals surface area contributed by atoms with Crippen LogP contribution in [0.25, 0.3) is 11.3 Å². The number of nitrogens with zero attached hydrogens (tertiary/aromatic N) is 4. The second-order valence-electron chi connectivity index (χ2n) is 11.5. The fourth-order valence-electron chi connectivity index (χ4n) is 4.62. The first-order valence-corrected chi connectivity index (χ1v) is 15.1. The Kier molecular flexibility index (Phi) is 9.25. The lowest BCUT2D eigenvalue weighted by molar-refractivity contribution is 0.0689. The zero-order valence-corrected chi connectivity index (χ0v) is 25.0. The van der Waals surface area contributed by atoms with Crippen LogP contribution in [-0.4, -0.2) is 78.2 Å². The fourth-order valence-corrected chi connectivity index (χ4v) is 5.54. The Labute approximate surface area is 241 Å². The van der Waals surface area contributed by atoms with Crippen molar-refractivity contribution in [3.63, 3.8) is 0 Å². The number of hydrogen-bond acceptors (Lipinski definition) is 9. The third kappa shape index (κ3) is 8.21. The number of carboxylic acid groups (broad SMARTS) is 1. The molecule has 2 aromatic heterocycles. The molecule has 220 valence electrons. The second kappa shape index (κ2) is 12.5. The van der Waals surface area contributed by atoms with E-state index in [0.717, 1.165) is 42.7 Å². The van der Waals surface area contributed by atoms with Crippen LogP contribution in [0.4, 0.5) is 5.95 Å². The highest BCUT2D eigenvalue weighted by Crippen LogP contribution is 2.30. The summed E-state index contributed by atoms with van der Waals surface area (Å²) in [4.78, 5) is 26.4. The first-order chi connectivity index (χ1) is 19.3. The molecule has 11 nitrogen and oxygen atoms in total. The second-order valence-corrected chi connectivity index (χ2v) is 13.1. The Morgan fingerprint density at radius 2 is 1.83 bits per heavy atom. The highest BCUT2D eigenvalue weighted by Gasteiger charge is 2.24. The minimum atomic E-state index is -4.30. The molecule has 1 unspecified atom stereocenters. The predicted molar refractivity (Wildman–Crippen MR) is 157 cm³/mol. The average Bonchev–Trinajstić information content (AvgIpc) is 3.11. The van der Waals surface area contributed by atoms with Crippen molar-refractivity contribution < 1.29 is 23.1 Å². The number of pyridine rings is 1. The van der Waals surface area contributed by atoms with E-state index in [4.69, 9.17) is 4.74 Å². The summed E-state index contributed by atoms with van der Waals surface area (Å²) in [5.74, 6) is -1.31. The number of sulfonamides is 1. The van der Waals surface area contributed by atoms with Crippen molar-refractivity contribution in [1.82, 2.24) is 25.2 Å². The van der Waals surface area contributed by atoms with E-state index in [0.29, 0.717) is 18.8 Å². The van der Waals surface area contributed by atoms with Gasteiger partial charge in [0.25, 0.3) is 10.0 Å².